The monoisotopic (exact) mass is 398 g/mol. The molecule has 0 N–H and O–H groups in total. The van der Waals surface area contributed by atoms with Crippen LogP contribution >= 0.6 is 0 Å². The van der Waals surface area contributed by atoms with Crippen molar-refractivity contribution in [3.63, 3.8) is 0 Å². The topological polar surface area (TPSA) is 27.7 Å². The van der Waals surface area contributed by atoms with Crippen molar-refractivity contribution in [3.8, 4) is 0 Å². The molecule has 0 aromatic rings. The third-order valence-corrected chi connectivity index (χ3v) is 12.6. The zero-order chi connectivity index (χ0) is 20.4. The van der Waals surface area contributed by atoms with Gasteiger partial charge in [-0.2, -0.15) is 0 Å². The van der Waals surface area contributed by atoms with Gasteiger partial charge in [-0.3, -0.25) is 0 Å². The van der Waals surface area contributed by atoms with Gasteiger partial charge >= 0.3 is 0 Å². The summed E-state index contributed by atoms with van der Waals surface area (Å²) in [5.74, 6) is 0. The fraction of sp³-hybridized carbons (Fsp3) is 0.913. The van der Waals surface area contributed by atoms with E-state index in [1.807, 2.05) is 0 Å². The van der Waals surface area contributed by atoms with Gasteiger partial charge in [0.15, 0.2) is 6.29 Å². The van der Waals surface area contributed by atoms with Crippen LogP contribution in [-0.4, -0.2) is 34.9 Å². The van der Waals surface area contributed by atoms with Gasteiger partial charge < -0.3 is 13.9 Å². The summed E-state index contributed by atoms with van der Waals surface area (Å²) in [6, 6.07) is 0. The Morgan fingerprint density at radius 2 is 1.52 bits per heavy atom. The van der Waals surface area contributed by atoms with Crippen molar-refractivity contribution in [3.05, 3.63) is 11.6 Å². The van der Waals surface area contributed by atoms with Gasteiger partial charge in [-0.05, 0) is 67.1 Å². The Balaban J connectivity index is 2.73. The summed E-state index contributed by atoms with van der Waals surface area (Å²) >= 11 is 0. The highest BCUT2D eigenvalue weighted by Crippen LogP contribution is 2.45. The Hall–Kier alpha value is -0.163. The average molecular weight is 399 g/mol. The first kappa shape index (κ1) is 24.9. The minimum atomic E-state index is -1.81. The number of unbranched alkanes of at least 4 members (excludes halogenated alkanes) is 2. The van der Waals surface area contributed by atoms with Crippen LogP contribution in [-0.2, 0) is 13.9 Å². The third kappa shape index (κ3) is 6.99. The van der Waals surface area contributed by atoms with E-state index in [9.17, 15) is 0 Å². The van der Waals surface area contributed by atoms with Gasteiger partial charge in [-0.1, -0.05) is 54.0 Å². The van der Waals surface area contributed by atoms with Crippen molar-refractivity contribution in [2.45, 2.75) is 122 Å². The van der Waals surface area contributed by atoms with Crippen molar-refractivity contribution in [2.24, 2.45) is 0 Å². The van der Waals surface area contributed by atoms with Gasteiger partial charge in [0.2, 0.25) is 8.32 Å². The minimum Gasteiger partial charge on any atom is -0.409 e. The molecule has 0 heterocycles. The Morgan fingerprint density at radius 1 is 0.926 bits per heavy atom. The smallest absolute Gasteiger partial charge is 0.201 e. The summed E-state index contributed by atoms with van der Waals surface area (Å²) < 4.78 is 17.7. The largest absolute Gasteiger partial charge is 0.409 e. The number of hydrogen-bond donors (Lipinski definition) is 0. The van der Waals surface area contributed by atoms with Crippen LogP contribution in [0.4, 0.5) is 0 Å². The lowest BCUT2D eigenvalue weighted by atomic mass is 9.91. The maximum atomic E-state index is 7.14. The Morgan fingerprint density at radius 3 is 2.04 bits per heavy atom. The molecule has 0 bridgehead atoms. The van der Waals surface area contributed by atoms with E-state index in [0.29, 0.717) is 22.7 Å². The number of allylic oxidation sites excluding steroid dienone is 1. The van der Waals surface area contributed by atoms with Crippen LogP contribution in [0.15, 0.2) is 11.6 Å². The normalized spacial score (nSPS) is 20.6. The van der Waals surface area contributed by atoms with E-state index in [1.165, 1.54) is 32.1 Å². The lowest BCUT2D eigenvalue weighted by molar-refractivity contribution is -0.107. The quantitative estimate of drug-likeness (QED) is 0.150. The van der Waals surface area contributed by atoms with Crippen LogP contribution < -0.4 is 0 Å². The Labute approximate surface area is 170 Å². The molecular weight excluding hydrogens is 352 g/mol. The highest BCUT2D eigenvalue weighted by molar-refractivity contribution is 6.77. The highest BCUT2D eigenvalue weighted by Gasteiger charge is 2.47. The van der Waals surface area contributed by atoms with E-state index in [4.69, 9.17) is 13.9 Å². The molecule has 0 radical (unpaired) electrons. The fourth-order valence-electron chi connectivity index (χ4n) is 5.10. The molecule has 1 aliphatic rings. The Kier molecular flexibility index (Phi) is 11.4. The van der Waals surface area contributed by atoms with Gasteiger partial charge in [0.1, 0.15) is 0 Å². The lowest BCUT2D eigenvalue weighted by Crippen LogP contribution is -2.50. The Bertz CT molecular complexity index is 406. The predicted octanol–water partition coefficient (Wildman–Crippen LogP) is 7.23. The molecule has 0 saturated heterocycles. The predicted molar refractivity (Wildman–Crippen MR) is 119 cm³/mol. The van der Waals surface area contributed by atoms with Crippen LogP contribution in [0.2, 0.25) is 16.6 Å². The van der Waals surface area contributed by atoms with E-state index < -0.39 is 8.32 Å². The molecule has 3 nitrogen and oxygen atoms in total. The zero-order valence-electron chi connectivity index (χ0n) is 19.3. The van der Waals surface area contributed by atoms with Crippen molar-refractivity contribution >= 4 is 8.32 Å². The number of methoxy groups -OCH3 is 2. The molecule has 1 saturated carbocycles. The van der Waals surface area contributed by atoms with Gasteiger partial charge in [-0.25, -0.2) is 0 Å². The molecule has 1 unspecified atom stereocenters. The van der Waals surface area contributed by atoms with Crippen molar-refractivity contribution in [2.75, 3.05) is 14.2 Å². The summed E-state index contributed by atoms with van der Waals surface area (Å²) in [5, 5.41) is 0. The molecule has 4 heteroatoms. The molecule has 1 rings (SSSR count). The molecule has 0 aromatic heterocycles. The molecule has 0 spiro atoms. The number of rotatable bonds is 12. The van der Waals surface area contributed by atoms with E-state index in [1.54, 1.807) is 19.8 Å². The second kappa shape index (κ2) is 12.4. The van der Waals surface area contributed by atoms with E-state index >= 15 is 0 Å². The van der Waals surface area contributed by atoms with Crippen LogP contribution in [0.5, 0.6) is 0 Å². The summed E-state index contributed by atoms with van der Waals surface area (Å²) in [6.45, 7) is 14.3. The molecule has 0 aliphatic heterocycles. The van der Waals surface area contributed by atoms with Crippen LogP contribution in [0, 0.1) is 0 Å². The third-order valence-electron chi connectivity index (χ3n) is 6.48. The zero-order valence-corrected chi connectivity index (χ0v) is 20.3. The second-order valence-corrected chi connectivity index (χ2v) is 14.5. The maximum absolute atomic E-state index is 7.14. The number of ether oxygens (including phenoxy) is 2. The molecule has 27 heavy (non-hydrogen) atoms. The van der Waals surface area contributed by atoms with E-state index in [-0.39, 0.29) is 6.29 Å². The molecule has 1 atom stereocenters. The van der Waals surface area contributed by atoms with Crippen LogP contribution in [0.25, 0.3) is 0 Å². The van der Waals surface area contributed by atoms with E-state index in [2.05, 4.69) is 47.6 Å². The van der Waals surface area contributed by atoms with Crippen molar-refractivity contribution in [1.82, 2.24) is 0 Å². The first-order valence-corrected chi connectivity index (χ1v) is 13.4. The van der Waals surface area contributed by atoms with Gasteiger partial charge in [0, 0.05) is 14.2 Å². The lowest BCUT2D eigenvalue weighted by Gasteiger charge is -2.46. The minimum absolute atomic E-state index is 0.0573. The first-order valence-electron chi connectivity index (χ1n) is 11.2. The number of hydrogen-bond acceptors (Lipinski definition) is 3. The van der Waals surface area contributed by atoms with Crippen LogP contribution in [0.1, 0.15) is 92.9 Å². The summed E-state index contributed by atoms with van der Waals surface area (Å²) in [5.41, 5.74) is 3.54. The van der Waals surface area contributed by atoms with Crippen molar-refractivity contribution in [1.29, 1.82) is 0 Å². The molecule has 160 valence electrons. The maximum Gasteiger partial charge on any atom is 0.201 e. The molecule has 1 fully saturated rings. The van der Waals surface area contributed by atoms with Gasteiger partial charge in [0.25, 0.3) is 0 Å². The fourth-order valence-corrected chi connectivity index (χ4v) is 10.7. The van der Waals surface area contributed by atoms with E-state index in [0.717, 1.165) is 19.3 Å². The first-order chi connectivity index (χ1) is 12.8. The van der Waals surface area contributed by atoms with Gasteiger partial charge in [-0.15, -0.1) is 0 Å². The van der Waals surface area contributed by atoms with Crippen molar-refractivity contribution < 1.29 is 13.9 Å². The standard InChI is InChI=1S/C23H46O3Si/c1-18(2)27(19(3)4,20(5)6)26-22-16-13-12-15-21(22)14-10-9-11-17-23(24-7)25-8/h14,18-20,22-23H,9-13,15-17H2,1-8H3/b21-14+. The summed E-state index contributed by atoms with van der Waals surface area (Å²) in [6.07, 6.45) is 12.3. The molecule has 0 aromatic carbocycles. The summed E-state index contributed by atoms with van der Waals surface area (Å²) in [4.78, 5) is 0. The molecule has 0 amide bonds. The summed E-state index contributed by atoms with van der Waals surface area (Å²) in [7, 11) is 1.62. The second-order valence-electron chi connectivity index (χ2n) is 9.13. The molecular formula is C23H46O3Si. The molecule has 1 aliphatic carbocycles. The SMILES string of the molecule is COC(CCCC/C=C1\CCCCC1O[Si](C(C)C)(C(C)C)C(C)C)OC. The van der Waals surface area contributed by atoms with Gasteiger partial charge in [0.05, 0.1) is 6.10 Å². The highest BCUT2D eigenvalue weighted by atomic mass is 28.4. The average Bonchev–Trinajstić information content (AvgIpc) is 2.62. The van der Waals surface area contributed by atoms with Crippen LogP contribution in [0.3, 0.4) is 0 Å².